The minimum atomic E-state index is -0.124. The minimum absolute atomic E-state index is 0.124. The van der Waals surface area contributed by atoms with E-state index in [9.17, 15) is 14.4 Å². The predicted octanol–water partition coefficient (Wildman–Crippen LogP) is 9.64. The van der Waals surface area contributed by atoms with Gasteiger partial charge in [0, 0.05) is 53.9 Å². The van der Waals surface area contributed by atoms with Gasteiger partial charge in [0.1, 0.15) is 16.9 Å². The molecule has 288 valence electrons. The van der Waals surface area contributed by atoms with E-state index in [4.69, 9.17) is 0 Å². The van der Waals surface area contributed by atoms with Gasteiger partial charge in [0.05, 0.1) is 0 Å². The molecule has 0 bridgehead atoms. The Balaban J connectivity index is 1.21. The van der Waals surface area contributed by atoms with Gasteiger partial charge in [-0.2, -0.15) is 0 Å². The molecule has 9 heteroatoms. The van der Waals surface area contributed by atoms with Crippen LogP contribution in [0.4, 0.5) is 0 Å². The van der Waals surface area contributed by atoms with Crippen molar-refractivity contribution in [3.8, 4) is 66.8 Å². The first kappa shape index (κ1) is 36.3. The third kappa shape index (κ3) is 6.48. The van der Waals surface area contributed by atoms with E-state index in [2.05, 4.69) is 69.5 Å². The molecule has 0 saturated heterocycles. The van der Waals surface area contributed by atoms with Crippen molar-refractivity contribution >= 4 is 16.9 Å². The number of hydrogen-bond acceptors (Lipinski definition) is 6. The molecule has 0 atom stereocenters. The maximum atomic E-state index is 12.8. The maximum Gasteiger partial charge on any atom is 0.258 e. The number of nitrogens with zero attached hydrogens (tertiary/aromatic N) is 6. The van der Waals surface area contributed by atoms with Crippen LogP contribution in [-0.4, -0.2) is 28.2 Å². The highest BCUT2D eigenvalue weighted by molar-refractivity contribution is 5.94. The number of hydrogen-bond donors (Lipinski definition) is 0. The Morgan fingerprint density at radius 1 is 0.317 bits per heavy atom. The van der Waals surface area contributed by atoms with E-state index in [1.165, 1.54) is 18.2 Å². The summed E-state index contributed by atoms with van der Waals surface area (Å²) >= 11 is 0. The van der Waals surface area contributed by atoms with Gasteiger partial charge in [0.2, 0.25) is 0 Å². The van der Waals surface area contributed by atoms with Crippen molar-refractivity contribution in [1.29, 1.82) is 0 Å². The number of aromatic nitrogens is 6. The molecule has 0 fully saturated rings. The molecule has 0 amide bonds. The molecule has 6 aromatic heterocycles. The van der Waals surface area contributed by atoms with Gasteiger partial charge in [0.15, 0.2) is 0 Å². The molecule has 0 saturated carbocycles. The van der Waals surface area contributed by atoms with Crippen LogP contribution in [0.15, 0.2) is 179 Å². The number of rotatable bonds is 6. The van der Waals surface area contributed by atoms with E-state index in [0.29, 0.717) is 34.0 Å². The average molecular weight is 781 g/mol. The van der Waals surface area contributed by atoms with Gasteiger partial charge in [-0.1, -0.05) is 72.8 Å². The molecule has 0 unspecified atom stereocenters. The van der Waals surface area contributed by atoms with Crippen molar-refractivity contribution < 1.29 is 0 Å². The Kier molecular flexibility index (Phi) is 8.72. The summed E-state index contributed by atoms with van der Waals surface area (Å²) in [5.74, 6) is 0. The molecule has 0 radical (unpaired) electrons. The lowest BCUT2D eigenvalue weighted by atomic mass is 9.86. The zero-order chi connectivity index (χ0) is 41.1. The Morgan fingerprint density at radius 2 is 0.567 bits per heavy atom. The molecule has 0 N–H and O–H groups in total. The topological polar surface area (TPSA) is 103 Å². The van der Waals surface area contributed by atoms with Crippen LogP contribution >= 0.6 is 0 Å². The van der Waals surface area contributed by atoms with Crippen molar-refractivity contribution in [2.45, 2.75) is 20.8 Å². The molecule has 10 rings (SSSR count). The lowest BCUT2D eigenvalue weighted by molar-refractivity contribution is 1.02. The number of benzene rings is 4. The summed E-state index contributed by atoms with van der Waals surface area (Å²) in [6.45, 7) is 5.49. The Morgan fingerprint density at radius 3 is 0.833 bits per heavy atom. The second-order valence-electron chi connectivity index (χ2n) is 15.1. The van der Waals surface area contributed by atoms with Gasteiger partial charge in [-0.3, -0.25) is 27.6 Å². The monoisotopic (exact) mass is 780 g/mol. The van der Waals surface area contributed by atoms with Crippen LogP contribution in [0, 0.1) is 20.8 Å². The highest BCUT2D eigenvalue weighted by Crippen LogP contribution is 2.42. The average Bonchev–Trinajstić information content (AvgIpc) is 3.25. The fraction of sp³-hybridized carbons (Fsp3) is 0.0588. The standard InChI is InChI=1S/C51H36N6O3/c1-31-22-49(58)55-19-16-34(28-46(55)52-31)40-10-4-7-13-43(40)37-25-38(44-14-8-5-11-41(44)35-17-20-56-47(29-35)53-32(2)23-50(56)59)27-39(26-37)45-15-9-6-12-42(45)36-18-21-57-48(30-36)54-33(3)24-51(57)60/h4-30H,1-3H3. The second-order valence-corrected chi connectivity index (χ2v) is 15.1. The third-order valence-electron chi connectivity index (χ3n) is 11.0. The molecule has 60 heavy (non-hydrogen) atoms. The minimum Gasteiger partial charge on any atom is -0.269 e. The SMILES string of the molecule is Cc1cc(=O)n2ccc(-c3ccccc3-c3cc(-c4ccccc4-c4ccn5c(=O)cc(C)nc5c4)cc(-c4ccccc4-c4ccn5c(=O)cc(C)nc5c4)c3)cc2n1. The van der Waals surface area contributed by atoms with Crippen LogP contribution in [0.5, 0.6) is 0 Å². The summed E-state index contributed by atoms with van der Waals surface area (Å²) < 4.78 is 4.68. The van der Waals surface area contributed by atoms with Crippen molar-refractivity contribution in [3.05, 3.63) is 212 Å². The molecule has 4 aromatic carbocycles. The lowest BCUT2D eigenvalue weighted by Gasteiger charge is -2.18. The molecular weight excluding hydrogens is 745 g/mol. The van der Waals surface area contributed by atoms with Crippen molar-refractivity contribution in [2.75, 3.05) is 0 Å². The van der Waals surface area contributed by atoms with Gasteiger partial charge < -0.3 is 0 Å². The van der Waals surface area contributed by atoms with Gasteiger partial charge in [0.25, 0.3) is 16.7 Å². The van der Waals surface area contributed by atoms with E-state index in [1.807, 2.05) is 93.6 Å². The molecular formula is C51H36N6O3. The van der Waals surface area contributed by atoms with Crippen molar-refractivity contribution in [1.82, 2.24) is 28.2 Å². The summed E-state index contributed by atoms with van der Waals surface area (Å²) in [6.07, 6.45) is 5.35. The maximum absolute atomic E-state index is 12.8. The van der Waals surface area contributed by atoms with Gasteiger partial charge >= 0.3 is 0 Å². The number of fused-ring (bicyclic) bond motifs is 3. The van der Waals surface area contributed by atoms with E-state index in [1.54, 1.807) is 31.8 Å². The highest BCUT2D eigenvalue weighted by Gasteiger charge is 2.17. The first-order valence-corrected chi connectivity index (χ1v) is 19.6. The van der Waals surface area contributed by atoms with Crippen LogP contribution < -0.4 is 16.7 Å². The molecule has 0 spiro atoms. The summed E-state index contributed by atoms with van der Waals surface area (Å²) in [6, 6.07) is 47.9. The smallest absolute Gasteiger partial charge is 0.258 e. The van der Waals surface area contributed by atoms with Crippen LogP contribution in [0.3, 0.4) is 0 Å². The summed E-state index contributed by atoms with van der Waals surface area (Å²) in [5, 5.41) is 0. The quantitative estimate of drug-likeness (QED) is 0.167. The predicted molar refractivity (Wildman–Crippen MR) is 238 cm³/mol. The summed E-state index contributed by atoms with van der Waals surface area (Å²) in [7, 11) is 0. The molecule has 10 aromatic rings. The van der Waals surface area contributed by atoms with E-state index >= 15 is 0 Å². The largest absolute Gasteiger partial charge is 0.269 e. The fourth-order valence-corrected chi connectivity index (χ4v) is 8.22. The van der Waals surface area contributed by atoms with Crippen LogP contribution in [0.1, 0.15) is 17.1 Å². The van der Waals surface area contributed by atoms with E-state index < -0.39 is 0 Å². The molecule has 0 aliphatic rings. The fourth-order valence-electron chi connectivity index (χ4n) is 8.22. The van der Waals surface area contributed by atoms with E-state index in [0.717, 1.165) is 66.8 Å². The van der Waals surface area contributed by atoms with Crippen LogP contribution in [-0.2, 0) is 0 Å². The van der Waals surface area contributed by atoms with Crippen molar-refractivity contribution in [2.24, 2.45) is 0 Å². The zero-order valence-electron chi connectivity index (χ0n) is 33.0. The van der Waals surface area contributed by atoms with Crippen LogP contribution in [0.2, 0.25) is 0 Å². The highest BCUT2D eigenvalue weighted by atomic mass is 16.1. The zero-order valence-corrected chi connectivity index (χ0v) is 33.0. The van der Waals surface area contributed by atoms with Crippen LogP contribution in [0.25, 0.3) is 83.7 Å². The summed E-state index contributed by atoms with van der Waals surface area (Å²) in [4.78, 5) is 52.5. The lowest BCUT2D eigenvalue weighted by Crippen LogP contribution is -2.14. The Bertz CT molecular complexity index is 3180. The third-order valence-corrected chi connectivity index (χ3v) is 11.0. The normalized spacial score (nSPS) is 11.4. The molecule has 0 aliphatic heterocycles. The first-order chi connectivity index (χ1) is 29.2. The first-order valence-electron chi connectivity index (χ1n) is 19.6. The van der Waals surface area contributed by atoms with Gasteiger partial charge in [-0.15, -0.1) is 0 Å². The molecule has 9 nitrogen and oxygen atoms in total. The van der Waals surface area contributed by atoms with Crippen molar-refractivity contribution in [3.63, 3.8) is 0 Å². The second kappa shape index (κ2) is 14.4. The number of pyridine rings is 3. The van der Waals surface area contributed by atoms with Gasteiger partial charge in [-0.25, -0.2) is 15.0 Å². The van der Waals surface area contributed by atoms with E-state index in [-0.39, 0.29) is 16.7 Å². The Hall–Kier alpha value is -8.04. The molecule has 6 heterocycles. The summed E-state index contributed by atoms with van der Waals surface area (Å²) in [5.41, 5.74) is 15.1. The Labute approximate surface area is 343 Å². The molecule has 0 aliphatic carbocycles. The van der Waals surface area contributed by atoms with Gasteiger partial charge in [-0.05, 0) is 142 Å². The number of aryl methyl sites for hydroxylation is 3.